The maximum absolute atomic E-state index is 13.3. The summed E-state index contributed by atoms with van der Waals surface area (Å²) in [6.07, 6.45) is -0.456. The third kappa shape index (κ3) is 12.6. The summed E-state index contributed by atoms with van der Waals surface area (Å²) in [5.41, 5.74) is -4.30. The van der Waals surface area contributed by atoms with Gasteiger partial charge >= 0.3 is 258 Å². The molecule has 0 N–H and O–H groups in total. The van der Waals surface area contributed by atoms with E-state index < -0.39 is 63.6 Å². The van der Waals surface area contributed by atoms with Gasteiger partial charge in [0.15, 0.2) is 0 Å². The second-order valence-electron chi connectivity index (χ2n) is 16.2. The first-order valence-electron chi connectivity index (χ1n) is 14.0. The van der Waals surface area contributed by atoms with Gasteiger partial charge in [0, 0.05) is 0 Å². The molecule has 0 radical (unpaired) electrons. The summed E-state index contributed by atoms with van der Waals surface area (Å²) in [6, 6.07) is 0. The molecule has 0 amide bonds. The van der Waals surface area contributed by atoms with Crippen molar-refractivity contribution in [1.29, 1.82) is 0 Å². The van der Waals surface area contributed by atoms with Gasteiger partial charge < -0.3 is 0 Å². The zero-order chi connectivity index (χ0) is 32.3. The summed E-state index contributed by atoms with van der Waals surface area (Å²) in [6.45, 7) is 27.3. The second kappa shape index (κ2) is 13.7. The molecule has 0 aromatic heterocycles. The van der Waals surface area contributed by atoms with Crippen LogP contribution in [0.3, 0.4) is 0 Å². The quantitative estimate of drug-likeness (QED) is 0.161. The Morgan fingerprint density at radius 3 is 0.675 bits per heavy atom. The number of ketones is 6. The van der Waals surface area contributed by atoms with Gasteiger partial charge in [0.05, 0.1) is 0 Å². The maximum atomic E-state index is 13.3. The van der Waals surface area contributed by atoms with Gasteiger partial charge in [-0.15, -0.1) is 0 Å². The summed E-state index contributed by atoms with van der Waals surface area (Å²) in [5.74, 6) is -0.759. The Morgan fingerprint density at radius 2 is 0.525 bits per heavy atom. The van der Waals surface area contributed by atoms with Crippen LogP contribution in [0.5, 0.6) is 0 Å². The molecule has 40 heavy (non-hydrogen) atoms. The molecule has 0 aromatic rings. The topological polar surface area (TPSA) is 102 Å². The Kier molecular flexibility index (Phi) is 13.4. The predicted molar refractivity (Wildman–Crippen MR) is 158 cm³/mol. The number of carbonyl (C=O) groups is 6. The van der Waals surface area contributed by atoms with E-state index >= 15 is 0 Å². The van der Waals surface area contributed by atoms with Crippen LogP contribution in [-0.2, 0) is 28.8 Å². The Labute approximate surface area is 256 Å². The van der Waals surface area contributed by atoms with Crippen LogP contribution in [0.4, 0.5) is 0 Å². The molecule has 0 atom stereocenters. The van der Waals surface area contributed by atoms with Crippen molar-refractivity contribution in [3.05, 3.63) is 0 Å². The number of hydrogen-bond donors (Lipinski definition) is 0. The van der Waals surface area contributed by atoms with Gasteiger partial charge in [-0.25, -0.2) is 0 Å². The van der Waals surface area contributed by atoms with E-state index in [1.54, 1.807) is 62.3 Å². The molecular weight excluding hydrogens is 661 g/mol. The van der Waals surface area contributed by atoms with Crippen LogP contribution < -0.4 is 0 Å². The summed E-state index contributed by atoms with van der Waals surface area (Å²) >= 11 is -1.92. The van der Waals surface area contributed by atoms with Gasteiger partial charge in [-0.2, -0.15) is 0 Å². The standard InChI is InChI=1S/3C11H19O2.Tm/c3*1-10(2,3)8(12)7-9(13)11(4,5)6;/h3*1,7H2,2-6H3;. The molecule has 0 rings (SSSR count). The first-order valence-corrected chi connectivity index (χ1v) is 17.8. The molecule has 0 saturated heterocycles. The second-order valence-corrected chi connectivity index (χ2v) is 20.7. The van der Waals surface area contributed by atoms with Crippen molar-refractivity contribution >= 4 is 34.7 Å². The third-order valence-electron chi connectivity index (χ3n) is 6.89. The zero-order valence-corrected chi connectivity index (χ0v) is 29.7. The Hall–Kier alpha value is -0.746. The van der Waals surface area contributed by atoms with Gasteiger partial charge in [-0.3, -0.25) is 0 Å². The molecule has 0 spiro atoms. The zero-order valence-electron chi connectivity index (χ0n) is 28.0. The summed E-state index contributed by atoms with van der Waals surface area (Å²) in [4.78, 5) is 78.0. The average molecular weight is 719 g/mol. The van der Waals surface area contributed by atoms with E-state index in [4.69, 9.17) is 0 Å². The van der Waals surface area contributed by atoms with Crippen molar-refractivity contribution in [2.45, 2.75) is 131 Å². The SMILES string of the molecule is CC(C)(C)C(=O)CC(=O)C(C)(C)[CH2][Tm]([CH2]C(C)(C)C(=O)CC(=O)C(C)(C)C)[CH2]C(C)(C)C(=O)CC(=O)C(C)(C)C. The van der Waals surface area contributed by atoms with E-state index in [9.17, 15) is 28.8 Å². The first-order chi connectivity index (χ1) is 17.4. The number of rotatable bonds is 15. The van der Waals surface area contributed by atoms with Crippen molar-refractivity contribution in [3.8, 4) is 0 Å². The molecule has 0 heterocycles. The third-order valence-corrected chi connectivity index (χ3v) is 14.3. The van der Waals surface area contributed by atoms with Crippen molar-refractivity contribution in [1.82, 2.24) is 0 Å². The fraction of sp³-hybridized carbons (Fsp3) is 0.818. The normalized spacial score (nSPS) is 14.0. The summed E-state index contributed by atoms with van der Waals surface area (Å²) in [7, 11) is 0. The van der Waals surface area contributed by atoms with Crippen LogP contribution >= 0.6 is 0 Å². The van der Waals surface area contributed by atoms with Crippen LogP contribution in [0.25, 0.3) is 0 Å². The van der Waals surface area contributed by atoms with E-state index in [-0.39, 0.29) is 54.0 Å². The van der Waals surface area contributed by atoms with Crippen LogP contribution in [0.15, 0.2) is 0 Å². The molecule has 0 fully saturated rings. The molecule has 0 aromatic carbocycles. The van der Waals surface area contributed by atoms with E-state index in [1.807, 2.05) is 41.5 Å². The molecule has 7 heteroatoms. The van der Waals surface area contributed by atoms with Crippen molar-refractivity contribution in [3.63, 3.8) is 0 Å². The fourth-order valence-corrected chi connectivity index (χ4v) is 11.7. The van der Waals surface area contributed by atoms with Crippen molar-refractivity contribution in [2.24, 2.45) is 32.5 Å². The van der Waals surface area contributed by atoms with Gasteiger partial charge in [0.2, 0.25) is 0 Å². The summed E-state index contributed by atoms with van der Waals surface area (Å²) < 4.78 is 1.51. The Balaban J connectivity index is 6.21. The Morgan fingerprint density at radius 1 is 0.350 bits per heavy atom. The molecular formula is C33H57O6Tm. The molecule has 0 unspecified atom stereocenters. The summed E-state index contributed by atoms with van der Waals surface area (Å²) in [5, 5.41) is 0. The van der Waals surface area contributed by atoms with Gasteiger partial charge in [-0.1, -0.05) is 0 Å². The molecule has 0 aliphatic rings. The van der Waals surface area contributed by atoms with E-state index in [0.29, 0.717) is 7.92 Å². The molecule has 238 valence electrons. The average Bonchev–Trinajstić information content (AvgIpc) is 2.70. The van der Waals surface area contributed by atoms with Gasteiger partial charge in [-0.05, 0) is 0 Å². The van der Waals surface area contributed by atoms with Crippen LogP contribution in [0, 0.1) is 63.6 Å². The van der Waals surface area contributed by atoms with E-state index in [1.165, 1.54) is 0 Å². The number of Topliss-reactive ketones (excluding diaryl/α,β-unsaturated/α-hetero) is 6. The monoisotopic (exact) mass is 718 g/mol. The van der Waals surface area contributed by atoms with Crippen LogP contribution in [-0.4, -0.2) is 34.7 Å². The minimum atomic E-state index is -1.92. The predicted octanol–water partition coefficient (Wildman–Crippen LogP) is 7.66. The molecule has 0 bridgehead atoms. The fourth-order valence-electron chi connectivity index (χ4n) is 3.26. The van der Waals surface area contributed by atoms with Gasteiger partial charge in [0.1, 0.15) is 0 Å². The first kappa shape index (κ1) is 39.3. The molecule has 0 aliphatic heterocycles. The molecule has 0 saturated carbocycles. The molecule has 0 aliphatic carbocycles. The van der Waals surface area contributed by atoms with Crippen LogP contribution in [0.1, 0.15) is 123 Å². The van der Waals surface area contributed by atoms with E-state index in [0.717, 1.165) is 0 Å². The Bertz CT molecular complexity index is 865. The molecule has 6 nitrogen and oxygen atoms in total. The van der Waals surface area contributed by atoms with Crippen molar-refractivity contribution in [2.75, 3.05) is 0 Å². The van der Waals surface area contributed by atoms with E-state index in [2.05, 4.69) is 0 Å². The van der Waals surface area contributed by atoms with Gasteiger partial charge in [0.25, 0.3) is 0 Å². The number of hydrogen-bond acceptors (Lipinski definition) is 6. The number of carbonyl (C=O) groups excluding carboxylic acids is 6. The minimum absolute atomic E-state index is 0.116. The van der Waals surface area contributed by atoms with Crippen LogP contribution in [0.2, 0.25) is 7.92 Å². The van der Waals surface area contributed by atoms with Crippen molar-refractivity contribution < 1.29 is 59.9 Å².